The van der Waals surface area contributed by atoms with Gasteiger partial charge in [-0.05, 0) is 107 Å². The molecule has 48 heavy (non-hydrogen) atoms. The van der Waals surface area contributed by atoms with E-state index in [-0.39, 0.29) is 37.4 Å². The molecular weight excluding hydrogens is 679 g/mol. The highest BCUT2D eigenvalue weighted by molar-refractivity contribution is 6.30. The van der Waals surface area contributed by atoms with Gasteiger partial charge in [-0.1, -0.05) is 17.7 Å². The van der Waals surface area contributed by atoms with Crippen molar-refractivity contribution in [1.82, 2.24) is 9.88 Å². The molecule has 0 aliphatic carbocycles. The molecule has 0 spiro atoms. The molecule has 3 aromatic carbocycles. The van der Waals surface area contributed by atoms with E-state index in [2.05, 4.69) is 11.1 Å². The number of nitrogens with zero attached hydrogens (tertiary/aromatic N) is 2. The molecule has 0 fully saturated rings. The van der Waals surface area contributed by atoms with E-state index in [9.17, 15) is 4.79 Å². The lowest BCUT2D eigenvalue weighted by Crippen LogP contribution is -2.22. The van der Waals surface area contributed by atoms with E-state index in [1.165, 1.54) is 0 Å². The highest BCUT2D eigenvalue weighted by Gasteiger charge is 2.13. The quantitative estimate of drug-likeness (QED) is 0.106. The van der Waals surface area contributed by atoms with Gasteiger partial charge >= 0.3 is 5.97 Å². The summed E-state index contributed by atoms with van der Waals surface area (Å²) in [5.41, 5.74) is 2.10. The largest absolute Gasteiger partial charge is 0.490 e. The lowest BCUT2D eigenvalue weighted by Gasteiger charge is -2.15. The zero-order valence-electron chi connectivity index (χ0n) is 28.5. The number of aromatic nitrogens is 1. The van der Waals surface area contributed by atoms with Gasteiger partial charge in [0.2, 0.25) is 0 Å². The summed E-state index contributed by atoms with van der Waals surface area (Å²) < 4.78 is 33.2. The first-order valence-corrected chi connectivity index (χ1v) is 15.9. The lowest BCUT2D eigenvalue weighted by molar-refractivity contribution is -0.146. The summed E-state index contributed by atoms with van der Waals surface area (Å²) in [6, 6.07) is 18.9. The molecule has 264 valence electrons. The van der Waals surface area contributed by atoms with Gasteiger partial charge in [0.05, 0.1) is 32.1 Å². The second-order valence-corrected chi connectivity index (χ2v) is 10.7. The fourth-order valence-electron chi connectivity index (χ4n) is 4.37. The van der Waals surface area contributed by atoms with Crippen LogP contribution < -0.4 is 23.7 Å². The normalized spacial score (nSPS) is 10.2. The van der Waals surface area contributed by atoms with Crippen LogP contribution in [0.25, 0.3) is 10.8 Å². The van der Waals surface area contributed by atoms with Crippen LogP contribution in [0.1, 0.15) is 39.0 Å². The topological polar surface area (TPSA) is 88.6 Å². The van der Waals surface area contributed by atoms with Crippen molar-refractivity contribution in [3.05, 3.63) is 83.1 Å². The van der Waals surface area contributed by atoms with Crippen LogP contribution in [-0.2, 0) is 16.0 Å². The number of fused-ring (bicyclic) bond motifs is 1. The van der Waals surface area contributed by atoms with Crippen LogP contribution in [-0.4, -0.2) is 76.1 Å². The van der Waals surface area contributed by atoms with Crippen molar-refractivity contribution < 1.29 is 33.2 Å². The Morgan fingerprint density at radius 3 is 1.92 bits per heavy atom. The number of benzene rings is 3. The molecular formula is C36H47Cl3N2O7. The van der Waals surface area contributed by atoms with Crippen molar-refractivity contribution in [2.45, 2.75) is 34.1 Å². The molecule has 1 heterocycles. The number of halogens is 3. The van der Waals surface area contributed by atoms with E-state index in [0.29, 0.717) is 56.8 Å². The van der Waals surface area contributed by atoms with Gasteiger partial charge in [0, 0.05) is 29.6 Å². The van der Waals surface area contributed by atoms with Crippen LogP contribution in [0, 0.1) is 0 Å². The molecule has 12 heteroatoms. The lowest BCUT2D eigenvalue weighted by atomic mass is 10.0. The maximum absolute atomic E-state index is 11.3. The van der Waals surface area contributed by atoms with Crippen molar-refractivity contribution in [3.63, 3.8) is 0 Å². The molecule has 4 rings (SSSR count). The Hall–Kier alpha value is -3.63. The van der Waals surface area contributed by atoms with Crippen LogP contribution in [0.15, 0.2) is 66.9 Å². The SMILES string of the molecule is CCOc1ccc(Cc2nccc3cc(OCC)c(OCC)cc23)cc1OCC.CN(C)CCOC(=O)COc1ccc(Cl)cc1.Cl.Cl. The zero-order chi connectivity index (χ0) is 33.3. The first kappa shape index (κ1) is 42.4. The van der Waals surface area contributed by atoms with Crippen molar-refractivity contribution in [2.75, 3.05) is 60.3 Å². The van der Waals surface area contributed by atoms with Gasteiger partial charge in [0.15, 0.2) is 29.6 Å². The Morgan fingerprint density at radius 2 is 1.31 bits per heavy atom. The zero-order valence-corrected chi connectivity index (χ0v) is 30.8. The average Bonchev–Trinajstić information content (AvgIpc) is 3.03. The summed E-state index contributed by atoms with van der Waals surface area (Å²) >= 11 is 5.72. The predicted molar refractivity (Wildman–Crippen MR) is 197 cm³/mol. The third kappa shape index (κ3) is 13.8. The number of pyridine rings is 1. The molecule has 0 aliphatic heterocycles. The van der Waals surface area contributed by atoms with Gasteiger partial charge in [-0.15, -0.1) is 24.8 Å². The second kappa shape index (κ2) is 22.9. The number of hydrogen-bond donors (Lipinski definition) is 0. The fraction of sp³-hybridized carbons (Fsp3) is 0.389. The predicted octanol–water partition coefficient (Wildman–Crippen LogP) is 8.09. The summed E-state index contributed by atoms with van der Waals surface area (Å²) in [6.45, 7) is 11.2. The summed E-state index contributed by atoms with van der Waals surface area (Å²) in [5, 5.41) is 2.77. The van der Waals surface area contributed by atoms with Crippen molar-refractivity contribution in [2.24, 2.45) is 0 Å². The van der Waals surface area contributed by atoms with Crippen molar-refractivity contribution >= 4 is 53.2 Å². The fourth-order valence-corrected chi connectivity index (χ4v) is 4.50. The molecule has 0 aliphatic rings. The van der Waals surface area contributed by atoms with Gasteiger partial charge in [-0.3, -0.25) is 4.98 Å². The molecule has 0 amide bonds. The number of hydrogen-bond acceptors (Lipinski definition) is 9. The molecule has 0 saturated carbocycles. The first-order valence-electron chi connectivity index (χ1n) is 15.5. The molecule has 0 radical (unpaired) electrons. The van der Waals surface area contributed by atoms with Crippen molar-refractivity contribution in [1.29, 1.82) is 0 Å². The van der Waals surface area contributed by atoms with E-state index in [1.807, 2.05) is 83.2 Å². The second-order valence-electron chi connectivity index (χ2n) is 10.2. The number of esters is 1. The van der Waals surface area contributed by atoms with E-state index < -0.39 is 0 Å². The third-order valence-corrected chi connectivity index (χ3v) is 6.71. The number of ether oxygens (including phenoxy) is 6. The molecule has 1 aromatic heterocycles. The van der Waals surface area contributed by atoms with Crippen LogP contribution in [0.2, 0.25) is 5.02 Å². The average molecular weight is 726 g/mol. The standard InChI is InChI=1S/C24H29NO4.C12H16ClNO3.2ClH/c1-5-26-21-10-9-17(14-22(21)27-6-2)13-20-19-16-24(29-8-4)23(28-7-3)15-18(19)11-12-25-20;1-14(2)7-8-16-12(15)9-17-11-5-3-10(13)4-6-11;;/h9-12,14-16H,5-8,13H2,1-4H3;3-6H,7-9H2,1-2H3;2*1H. The molecule has 0 unspecified atom stereocenters. The highest BCUT2D eigenvalue weighted by atomic mass is 35.5. The van der Waals surface area contributed by atoms with Crippen LogP contribution in [0.3, 0.4) is 0 Å². The minimum atomic E-state index is -0.373. The number of likely N-dealkylation sites (N-methyl/N-ethyl adjacent to an activating group) is 1. The van der Waals surface area contributed by atoms with Gasteiger partial charge in [-0.25, -0.2) is 4.79 Å². The monoisotopic (exact) mass is 724 g/mol. The molecule has 0 atom stereocenters. The van der Waals surface area contributed by atoms with Gasteiger partial charge < -0.3 is 33.3 Å². The minimum absolute atomic E-state index is 0. The van der Waals surface area contributed by atoms with E-state index in [4.69, 9.17) is 40.0 Å². The third-order valence-electron chi connectivity index (χ3n) is 6.46. The minimum Gasteiger partial charge on any atom is -0.490 e. The first-order chi connectivity index (χ1) is 22.3. The van der Waals surface area contributed by atoms with E-state index in [1.54, 1.807) is 24.3 Å². The Balaban J connectivity index is 0.000000523. The number of carbonyl (C=O) groups is 1. The van der Waals surface area contributed by atoms with Crippen molar-refractivity contribution in [3.8, 4) is 28.7 Å². The Labute approximate surface area is 301 Å². The molecule has 0 N–H and O–H groups in total. The van der Waals surface area contributed by atoms with Crippen LogP contribution >= 0.6 is 36.4 Å². The number of carbonyl (C=O) groups excluding carboxylic acids is 1. The van der Waals surface area contributed by atoms with Crippen LogP contribution in [0.5, 0.6) is 28.7 Å². The van der Waals surface area contributed by atoms with Gasteiger partial charge in [0.25, 0.3) is 0 Å². The highest BCUT2D eigenvalue weighted by Crippen LogP contribution is 2.35. The van der Waals surface area contributed by atoms with E-state index in [0.717, 1.165) is 45.0 Å². The van der Waals surface area contributed by atoms with Gasteiger partial charge in [-0.2, -0.15) is 0 Å². The Bertz CT molecular complexity index is 1520. The van der Waals surface area contributed by atoms with Gasteiger partial charge in [0.1, 0.15) is 12.4 Å². The maximum Gasteiger partial charge on any atom is 0.344 e. The number of rotatable bonds is 16. The summed E-state index contributed by atoms with van der Waals surface area (Å²) in [4.78, 5) is 17.9. The van der Waals surface area contributed by atoms with Crippen LogP contribution in [0.4, 0.5) is 0 Å². The maximum atomic E-state index is 11.3. The summed E-state index contributed by atoms with van der Waals surface area (Å²) in [7, 11) is 3.83. The summed E-state index contributed by atoms with van der Waals surface area (Å²) in [5.74, 6) is 3.27. The Kier molecular flexibility index (Phi) is 20.2. The molecule has 0 saturated heterocycles. The Morgan fingerprint density at radius 1 is 0.729 bits per heavy atom. The summed E-state index contributed by atoms with van der Waals surface area (Å²) in [6.07, 6.45) is 2.52. The van der Waals surface area contributed by atoms with E-state index >= 15 is 0 Å². The smallest absolute Gasteiger partial charge is 0.344 e. The molecule has 0 bridgehead atoms. The molecule has 9 nitrogen and oxygen atoms in total. The molecule has 4 aromatic rings.